The number of halogens is 1. The minimum absolute atomic E-state index is 0.00849. The third kappa shape index (κ3) is 7.42. The molecule has 0 radical (unpaired) electrons. The van der Waals surface area contributed by atoms with Gasteiger partial charge in [0.15, 0.2) is 9.76 Å². The fourth-order valence-corrected chi connectivity index (χ4v) is 1.89. The summed E-state index contributed by atoms with van der Waals surface area (Å²) in [6.45, 7) is 3.98. The van der Waals surface area contributed by atoms with E-state index in [4.69, 9.17) is 4.43 Å². The Labute approximate surface area is 73.4 Å². The molecule has 0 atom stereocenters. The molecule has 1 aliphatic heterocycles. The molecule has 1 rings (SSSR count). The minimum atomic E-state index is -1.06. The first-order chi connectivity index (χ1) is 5.81. The van der Waals surface area contributed by atoms with Crippen LogP contribution in [0.4, 0.5) is 4.53 Å². The predicted octanol–water partition coefficient (Wildman–Crippen LogP) is 0.899. The van der Waals surface area contributed by atoms with E-state index in [0.717, 1.165) is 12.7 Å². The Morgan fingerprint density at radius 3 is 2.50 bits per heavy atom. The molecule has 0 aliphatic carbocycles. The molecule has 0 spiro atoms. The number of hydrogen-bond acceptors (Lipinski definition) is 3. The van der Waals surface area contributed by atoms with E-state index in [-0.39, 0.29) is 9.76 Å². The van der Waals surface area contributed by atoms with Gasteiger partial charge in [0.05, 0.1) is 0 Å². The van der Waals surface area contributed by atoms with Gasteiger partial charge in [-0.05, 0) is 12.5 Å². The van der Waals surface area contributed by atoms with Crippen molar-refractivity contribution in [1.82, 2.24) is 0 Å². The second-order valence-electron chi connectivity index (χ2n) is 2.27. The Morgan fingerprint density at radius 2 is 2.42 bits per heavy atom. The normalized spacial score (nSPS) is 17.4. The number of carbonyl (C=O) groups is 1. The lowest BCUT2D eigenvalue weighted by molar-refractivity contribution is -0.176. The smallest absolute Gasteiger partial charge is 0.371 e. The fourth-order valence-electron chi connectivity index (χ4n) is 0.719. The van der Waals surface area contributed by atoms with Gasteiger partial charge in [-0.15, -0.1) is 0 Å². The summed E-state index contributed by atoms with van der Waals surface area (Å²) in [5, 5.41) is 0. The second-order valence-corrected chi connectivity index (χ2v) is 3.80. The van der Waals surface area contributed by atoms with Crippen molar-refractivity contribution in [3.63, 3.8) is 0 Å². The van der Waals surface area contributed by atoms with Crippen molar-refractivity contribution in [2.45, 2.75) is 18.9 Å². The number of rotatable bonds is 1. The molecule has 1 fully saturated rings. The quantitative estimate of drug-likeness (QED) is 0.457. The zero-order valence-corrected chi connectivity index (χ0v) is 8.34. The highest BCUT2D eigenvalue weighted by Gasteiger charge is 1.96. The monoisotopic (exact) mass is 192 g/mol. The van der Waals surface area contributed by atoms with E-state index in [9.17, 15) is 9.32 Å². The largest absolute Gasteiger partial charge is 0.424 e. The Kier molecular flexibility index (Phi) is 7.93. The molecule has 3 nitrogen and oxygen atoms in total. The van der Waals surface area contributed by atoms with E-state index in [1.54, 1.807) is 0 Å². The third-order valence-corrected chi connectivity index (χ3v) is 2.69. The van der Waals surface area contributed by atoms with Crippen molar-refractivity contribution in [1.29, 1.82) is 0 Å². The van der Waals surface area contributed by atoms with Crippen LogP contribution < -0.4 is 0 Å². The first-order valence-corrected chi connectivity index (χ1v) is 5.41. The van der Waals surface area contributed by atoms with E-state index in [0.29, 0.717) is 0 Å². The van der Waals surface area contributed by atoms with Crippen molar-refractivity contribution in [2.24, 2.45) is 0 Å². The zero-order valence-electron chi connectivity index (χ0n) is 6.92. The Hall–Kier alpha value is -0.683. The zero-order chi connectivity index (χ0) is 9.23. The molecule has 1 aliphatic rings. The highest BCUT2D eigenvalue weighted by atomic mass is 28.2. The van der Waals surface area contributed by atoms with Gasteiger partial charge in [0.2, 0.25) is 0 Å². The van der Waals surface area contributed by atoms with Gasteiger partial charge in [0, 0.05) is 17.2 Å². The molecule has 5 heteroatoms. The summed E-state index contributed by atoms with van der Waals surface area (Å²) >= 11 is 0. The van der Waals surface area contributed by atoms with Gasteiger partial charge in [0.25, 0.3) is 0 Å². The van der Waals surface area contributed by atoms with Crippen LogP contribution in [0.15, 0.2) is 12.7 Å². The molecule has 0 unspecified atom stereocenters. The SMILES string of the molecule is C1CC[SiH2]OC1.C=CC(=O)OF. The van der Waals surface area contributed by atoms with Gasteiger partial charge in [-0.25, -0.2) is 4.79 Å². The highest BCUT2D eigenvalue weighted by Crippen LogP contribution is 2.01. The van der Waals surface area contributed by atoms with E-state index in [1.807, 2.05) is 0 Å². The number of hydrogen-bond donors (Lipinski definition) is 0. The van der Waals surface area contributed by atoms with E-state index >= 15 is 0 Å². The summed E-state index contributed by atoms with van der Waals surface area (Å²) in [6.07, 6.45) is 3.49. The van der Waals surface area contributed by atoms with Crippen molar-refractivity contribution in [3.05, 3.63) is 12.7 Å². The van der Waals surface area contributed by atoms with Crippen LogP contribution in [-0.2, 0) is 14.2 Å². The van der Waals surface area contributed by atoms with E-state index < -0.39 is 5.97 Å². The summed E-state index contributed by atoms with van der Waals surface area (Å²) < 4.78 is 15.7. The molecular formula is C7H13FO3Si. The van der Waals surface area contributed by atoms with Crippen LogP contribution in [0.3, 0.4) is 0 Å². The first kappa shape index (κ1) is 11.3. The minimum Gasteiger partial charge on any atom is -0.424 e. The summed E-state index contributed by atoms with van der Waals surface area (Å²) in [7, 11) is 0.00849. The standard InChI is InChI=1S/C4H10OSi.C3H3FO2/c1-2-4-6-5-3-1;1-2-3(5)6-4/h1-4,6H2;2H,1H2. The fraction of sp³-hybridized carbons (Fsp3) is 0.571. The summed E-state index contributed by atoms with van der Waals surface area (Å²) in [5.41, 5.74) is 0. The van der Waals surface area contributed by atoms with Crippen LogP contribution >= 0.6 is 0 Å². The Balaban J connectivity index is 0.000000202. The molecule has 0 N–H and O–H groups in total. The van der Waals surface area contributed by atoms with Crippen molar-refractivity contribution < 1.29 is 18.7 Å². The average Bonchev–Trinajstić information content (AvgIpc) is 2.20. The molecule has 1 saturated heterocycles. The summed E-state index contributed by atoms with van der Waals surface area (Å²) in [4.78, 5) is 12.1. The molecule has 0 amide bonds. The lowest BCUT2D eigenvalue weighted by Gasteiger charge is -2.07. The van der Waals surface area contributed by atoms with Gasteiger partial charge in [-0.1, -0.05) is 13.0 Å². The van der Waals surface area contributed by atoms with Gasteiger partial charge in [-0.3, -0.25) is 4.94 Å². The summed E-state index contributed by atoms with van der Waals surface area (Å²) in [5.74, 6) is -1.06. The number of carbonyl (C=O) groups excluding carboxylic acids is 1. The van der Waals surface area contributed by atoms with Crippen LogP contribution in [-0.4, -0.2) is 22.3 Å². The van der Waals surface area contributed by atoms with Crippen molar-refractivity contribution in [2.75, 3.05) is 6.61 Å². The molecule has 1 heterocycles. The highest BCUT2D eigenvalue weighted by molar-refractivity contribution is 6.27. The lowest BCUT2D eigenvalue weighted by atomic mass is 10.4. The van der Waals surface area contributed by atoms with Crippen molar-refractivity contribution in [3.8, 4) is 0 Å². The lowest BCUT2D eigenvalue weighted by Crippen LogP contribution is -2.06. The van der Waals surface area contributed by atoms with Crippen molar-refractivity contribution >= 4 is 15.7 Å². The average molecular weight is 192 g/mol. The van der Waals surface area contributed by atoms with Gasteiger partial charge < -0.3 is 4.43 Å². The topological polar surface area (TPSA) is 35.5 Å². The first-order valence-electron chi connectivity index (χ1n) is 3.84. The maximum absolute atomic E-state index is 10.5. The molecule has 0 aromatic heterocycles. The predicted molar refractivity (Wildman–Crippen MR) is 45.9 cm³/mol. The Morgan fingerprint density at radius 1 is 1.67 bits per heavy atom. The van der Waals surface area contributed by atoms with E-state index in [1.165, 1.54) is 18.9 Å². The maximum atomic E-state index is 10.5. The van der Waals surface area contributed by atoms with E-state index in [2.05, 4.69) is 11.5 Å². The van der Waals surface area contributed by atoms with Crippen LogP contribution in [0.1, 0.15) is 12.8 Å². The van der Waals surface area contributed by atoms with Gasteiger partial charge >= 0.3 is 5.97 Å². The van der Waals surface area contributed by atoms with Gasteiger partial charge in [-0.2, -0.15) is 0 Å². The summed E-state index contributed by atoms with van der Waals surface area (Å²) in [6, 6.07) is 1.42. The molecule has 70 valence electrons. The molecule has 0 saturated carbocycles. The van der Waals surface area contributed by atoms with Gasteiger partial charge in [0.1, 0.15) is 0 Å². The van der Waals surface area contributed by atoms with Crippen LogP contribution in [0.25, 0.3) is 0 Å². The molecule has 12 heavy (non-hydrogen) atoms. The molecule has 0 bridgehead atoms. The maximum Gasteiger partial charge on any atom is 0.371 e. The van der Waals surface area contributed by atoms with Crippen LogP contribution in [0.2, 0.25) is 6.04 Å². The van der Waals surface area contributed by atoms with Crippen LogP contribution in [0.5, 0.6) is 0 Å². The molecule has 0 aromatic rings. The molecular weight excluding hydrogens is 179 g/mol. The third-order valence-electron chi connectivity index (χ3n) is 1.32. The van der Waals surface area contributed by atoms with Crippen LogP contribution in [0, 0.1) is 0 Å². The Bertz CT molecular complexity index is 125. The molecule has 0 aromatic carbocycles. The second kappa shape index (κ2) is 8.41.